The van der Waals surface area contributed by atoms with Crippen LogP contribution in [0.1, 0.15) is 59.1 Å². The van der Waals surface area contributed by atoms with Crippen LogP contribution in [-0.4, -0.2) is 15.0 Å². The highest BCUT2D eigenvalue weighted by atomic mass is 79.9. The maximum absolute atomic E-state index is 4.25. The van der Waals surface area contributed by atoms with Crippen molar-refractivity contribution in [2.75, 3.05) is 0 Å². The lowest BCUT2D eigenvalue weighted by atomic mass is 9.93. The van der Waals surface area contributed by atoms with Gasteiger partial charge in [-0.2, -0.15) is 0 Å². The van der Waals surface area contributed by atoms with Crippen LogP contribution in [0.15, 0.2) is 4.60 Å². The Labute approximate surface area is 107 Å². The van der Waals surface area contributed by atoms with Crippen LogP contribution in [0.2, 0.25) is 0 Å². The molecule has 0 aliphatic heterocycles. The molecule has 0 atom stereocenters. The van der Waals surface area contributed by atoms with E-state index in [-0.39, 0.29) is 5.41 Å². The van der Waals surface area contributed by atoms with E-state index in [1.807, 2.05) is 4.68 Å². The largest absolute Gasteiger partial charge is 0.238 e. The van der Waals surface area contributed by atoms with E-state index in [1.54, 1.807) is 0 Å². The number of hydrogen-bond acceptors (Lipinski definition) is 2. The third-order valence-electron chi connectivity index (χ3n) is 2.61. The quantitative estimate of drug-likeness (QED) is 0.769. The van der Waals surface area contributed by atoms with E-state index in [4.69, 9.17) is 0 Å². The molecule has 3 nitrogen and oxygen atoms in total. The number of unbranched alkanes of at least 4 members (excludes halogenated alkanes) is 3. The van der Waals surface area contributed by atoms with Gasteiger partial charge in [0, 0.05) is 12.0 Å². The van der Waals surface area contributed by atoms with Crippen LogP contribution >= 0.6 is 15.9 Å². The molecule has 0 N–H and O–H groups in total. The molecule has 0 saturated heterocycles. The number of aryl methyl sites for hydroxylation is 1. The zero-order valence-corrected chi connectivity index (χ0v) is 12.3. The summed E-state index contributed by atoms with van der Waals surface area (Å²) in [5, 5.41) is 8.45. The number of rotatable bonds is 5. The molecule has 0 aromatic carbocycles. The highest BCUT2D eigenvalue weighted by molar-refractivity contribution is 9.10. The maximum atomic E-state index is 4.25. The molecule has 0 spiro atoms. The van der Waals surface area contributed by atoms with Crippen molar-refractivity contribution in [2.24, 2.45) is 0 Å². The summed E-state index contributed by atoms with van der Waals surface area (Å²) in [5.74, 6) is 0. The summed E-state index contributed by atoms with van der Waals surface area (Å²) in [7, 11) is 0. The van der Waals surface area contributed by atoms with Gasteiger partial charge in [-0.15, -0.1) is 5.10 Å². The van der Waals surface area contributed by atoms with Gasteiger partial charge in [-0.3, -0.25) is 0 Å². The monoisotopic (exact) mass is 287 g/mol. The zero-order chi connectivity index (χ0) is 12.2. The number of halogens is 1. The van der Waals surface area contributed by atoms with E-state index < -0.39 is 0 Å². The molecule has 1 heterocycles. The van der Waals surface area contributed by atoms with Crippen molar-refractivity contribution in [1.29, 1.82) is 0 Å². The summed E-state index contributed by atoms with van der Waals surface area (Å²) in [5.41, 5.74) is 1.10. The summed E-state index contributed by atoms with van der Waals surface area (Å²) in [4.78, 5) is 0. The Morgan fingerprint density at radius 2 is 1.88 bits per heavy atom. The summed E-state index contributed by atoms with van der Waals surface area (Å²) in [6, 6.07) is 0. The van der Waals surface area contributed by atoms with Gasteiger partial charge >= 0.3 is 0 Å². The van der Waals surface area contributed by atoms with Gasteiger partial charge in [0.05, 0.1) is 0 Å². The van der Waals surface area contributed by atoms with Gasteiger partial charge in [0.1, 0.15) is 10.3 Å². The third-order valence-corrected chi connectivity index (χ3v) is 3.39. The smallest absolute Gasteiger partial charge is 0.128 e. The van der Waals surface area contributed by atoms with Crippen molar-refractivity contribution in [3.8, 4) is 0 Å². The third kappa shape index (κ3) is 3.58. The molecule has 16 heavy (non-hydrogen) atoms. The molecule has 4 heteroatoms. The first kappa shape index (κ1) is 13.7. The second kappa shape index (κ2) is 5.80. The zero-order valence-electron chi connectivity index (χ0n) is 10.8. The highest BCUT2D eigenvalue weighted by Crippen LogP contribution is 2.27. The topological polar surface area (TPSA) is 30.7 Å². The number of aromatic nitrogens is 3. The fraction of sp³-hybridized carbons (Fsp3) is 0.833. The Kier molecular flexibility index (Phi) is 4.96. The molecular weight excluding hydrogens is 266 g/mol. The maximum Gasteiger partial charge on any atom is 0.128 e. The Balaban J connectivity index is 2.59. The lowest BCUT2D eigenvalue weighted by molar-refractivity contribution is 0.520. The SMILES string of the molecule is CCCCCCn1nnc(C(C)(C)C)c1Br. The van der Waals surface area contributed by atoms with Crippen LogP contribution in [0.25, 0.3) is 0 Å². The van der Waals surface area contributed by atoms with Crippen LogP contribution in [0, 0.1) is 0 Å². The molecule has 0 radical (unpaired) electrons. The average molecular weight is 288 g/mol. The molecule has 0 fully saturated rings. The normalized spacial score (nSPS) is 12.1. The number of hydrogen-bond donors (Lipinski definition) is 0. The summed E-state index contributed by atoms with van der Waals surface area (Å²) in [6.45, 7) is 9.66. The molecule has 92 valence electrons. The minimum absolute atomic E-state index is 0.0561. The predicted octanol–water partition coefficient (Wildman–Crippen LogP) is 3.92. The molecule has 0 amide bonds. The van der Waals surface area contributed by atoms with Crippen LogP contribution in [-0.2, 0) is 12.0 Å². The standard InChI is InChI=1S/C12H22BrN3/c1-5-6-7-8-9-16-11(13)10(14-15-16)12(2,3)4/h5-9H2,1-4H3. The molecule has 0 unspecified atom stereocenters. The van der Waals surface area contributed by atoms with Gasteiger partial charge in [-0.25, -0.2) is 4.68 Å². The molecule has 1 aromatic heterocycles. The molecule has 1 rings (SSSR count). The first-order chi connectivity index (χ1) is 7.46. The Hall–Kier alpha value is -0.380. The van der Waals surface area contributed by atoms with Crippen LogP contribution in [0.5, 0.6) is 0 Å². The van der Waals surface area contributed by atoms with E-state index in [2.05, 4.69) is 53.9 Å². The fourth-order valence-corrected chi connectivity index (χ4v) is 2.51. The minimum Gasteiger partial charge on any atom is -0.238 e. The molecule has 0 bridgehead atoms. The van der Waals surface area contributed by atoms with E-state index in [0.717, 1.165) is 16.8 Å². The van der Waals surface area contributed by atoms with Crippen LogP contribution in [0.3, 0.4) is 0 Å². The van der Waals surface area contributed by atoms with Gasteiger partial charge in [0.2, 0.25) is 0 Å². The lowest BCUT2D eigenvalue weighted by Crippen LogP contribution is -2.12. The van der Waals surface area contributed by atoms with Crippen molar-refractivity contribution < 1.29 is 0 Å². The summed E-state index contributed by atoms with van der Waals surface area (Å²) >= 11 is 3.59. The Bertz CT molecular complexity index is 325. The van der Waals surface area contributed by atoms with Crippen molar-refractivity contribution in [1.82, 2.24) is 15.0 Å². The van der Waals surface area contributed by atoms with E-state index in [9.17, 15) is 0 Å². The second-order valence-corrected chi connectivity index (χ2v) is 6.01. The molecule has 0 aliphatic rings. The Morgan fingerprint density at radius 1 is 1.19 bits per heavy atom. The molecular formula is C12H22BrN3. The first-order valence-corrected chi connectivity index (χ1v) is 6.85. The van der Waals surface area contributed by atoms with E-state index in [0.29, 0.717) is 0 Å². The van der Waals surface area contributed by atoms with Crippen LogP contribution < -0.4 is 0 Å². The molecule has 1 aromatic rings. The van der Waals surface area contributed by atoms with Gasteiger partial charge in [-0.1, -0.05) is 52.2 Å². The van der Waals surface area contributed by atoms with Gasteiger partial charge in [0.15, 0.2) is 0 Å². The first-order valence-electron chi connectivity index (χ1n) is 6.06. The summed E-state index contributed by atoms with van der Waals surface area (Å²) < 4.78 is 3.01. The van der Waals surface area contributed by atoms with Gasteiger partial charge in [0.25, 0.3) is 0 Å². The van der Waals surface area contributed by atoms with Crippen molar-refractivity contribution in [2.45, 2.75) is 65.3 Å². The summed E-state index contributed by atoms with van der Waals surface area (Å²) in [6.07, 6.45) is 5.03. The van der Waals surface area contributed by atoms with E-state index >= 15 is 0 Å². The average Bonchev–Trinajstić information content (AvgIpc) is 2.54. The van der Waals surface area contributed by atoms with Crippen molar-refractivity contribution in [3.63, 3.8) is 0 Å². The lowest BCUT2D eigenvalue weighted by Gasteiger charge is -2.14. The number of nitrogens with zero attached hydrogens (tertiary/aromatic N) is 3. The van der Waals surface area contributed by atoms with Gasteiger partial charge < -0.3 is 0 Å². The minimum atomic E-state index is 0.0561. The predicted molar refractivity (Wildman–Crippen MR) is 70.6 cm³/mol. The van der Waals surface area contributed by atoms with Crippen LogP contribution in [0.4, 0.5) is 0 Å². The Morgan fingerprint density at radius 3 is 2.38 bits per heavy atom. The van der Waals surface area contributed by atoms with Crippen molar-refractivity contribution in [3.05, 3.63) is 10.3 Å². The van der Waals surface area contributed by atoms with E-state index in [1.165, 1.54) is 25.7 Å². The highest BCUT2D eigenvalue weighted by Gasteiger charge is 2.22. The fourth-order valence-electron chi connectivity index (χ4n) is 1.59. The second-order valence-electron chi connectivity index (χ2n) is 5.26. The van der Waals surface area contributed by atoms with Crippen molar-refractivity contribution >= 4 is 15.9 Å². The van der Waals surface area contributed by atoms with Gasteiger partial charge in [-0.05, 0) is 22.4 Å². The molecule has 0 saturated carbocycles. The molecule has 0 aliphatic carbocycles.